The first kappa shape index (κ1) is 18.9. The highest BCUT2D eigenvalue weighted by atomic mass is 16.5. The molecule has 2 aromatic carbocycles. The molecule has 3 rings (SSSR count). The second kappa shape index (κ2) is 8.68. The molecule has 2 atom stereocenters. The minimum atomic E-state index is -0.602. The summed E-state index contributed by atoms with van der Waals surface area (Å²) in [6.07, 6.45) is 0.627. The standard InChI is InChI=1S/C21H25N3O3/c1-14(20(25)23-12-15-7-9-18(27-2)10-8-15)24-21(26)19-11-16-5-3-4-6-17(16)13-22-19/h3-10,14,19,22H,11-13H2,1-2H3,(H,23,25)(H,24,26)/t14-,19-/m1/s1. The van der Waals surface area contributed by atoms with Crippen LogP contribution in [0.1, 0.15) is 23.6 Å². The number of hydrogen-bond acceptors (Lipinski definition) is 4. The molecular formula is C21H25N3O3. The average Bonchev–Trinajstić information content (AvgIpc) is 2.71. The molecule has 0 spiro atoms. The Kier molecular flexibility index (Phi) is 6.08. The van der Waals surface area contributed by atoms with Crippen LogP contribution >= 0.6 is 0 Å². The maximum Gasteiger partial charge on any atom is 0.242 e. The number of rotatable bonds is 6. The molecule has 2 aromatic rings. The maximum absolute atomic E-state index is 12.5. The van der Waals surface area contributed by atoms with E-state index in [1.165, 1.54) is 11.1 Å². The summed E-state index contributed by atoms with van der Waals surface area (Å²) in [4.78, 5) is 24.8. The van der Waals surface area contributed by atoms with Crippen molar-refractivity contribution in [3.05, 3.63) is 65.2 Å². The molecule has 0 saturated heterocycles. The van der Waals surface area contributed by atoms with E-state index in [1.54, 1.807) is 14.0 Å². The topological polar surface area (TPSA) is 79.5 Å². The summed E-state index contributed by atoms with van der Waals surface area (Å²) in [7, 11) is 1.61. The number of fused-ring (bicyclic) bond motifs is 1. The van der Waals surface area contributed by atoms with Gasteiger partial charge in [0.2, 0.25) is 11.8 Å². The van der Waals surface area contributed by atoms with Gasteiger partial charge in [-0.25, -0.2) is 0 Å². The average molecular weight is 367 g/mol. The van der Waals surface area contributed by atoms with Gasteiger partial charge in [-0.3, -0.25) is 9.59 Å². The SMILES string of the molecule is COc1ccc(CNC(=O)[C@@H](C)NC(=O)[C@H]2Cc3ccccc3CN2)cc1. The Morgan fingerprint density at radius 1 is 1.15 bits per heavy atom. The quantitative estimate of drug-likeness (QED) is 0.723. The molecule has 0 bridgehead atoms. The van der Waals surface area contributed by atoms with Crippen LogP contribution in [0.4, 0.5) is 0 Å². The van der Waals surface area contributed by atoms with Crippen LogP contribution in [0, 0.1) is 0 Å². The Morgan fingerprint density at radius 3 is 2.56 bits per heavy atom. The van der Waals surface area contributed by atoms with Gasteiger partial charge in [0.15, 0.2) is 0 Å². The molecule has 0 unspecified atom stereocenters. The molecule has 27 heavy (non-hydrogen) atoms. The lowest BCUT2D eigenvalue weighted by Gasteiger charge is -2.26. The van der Waals surface area contributed by atoms with Crippen molar-refractivity contribution >= 4 is 11.8 Å². The number of nitrogens with one attached hydrogen (secondary N) is 3. The van der Waals surface area contributed by atoms with E-state index in [1.807, 2.05) is 42.5 Å². The van der Waals surface area contributed by atoms with E-state index in [0.29, 0.717) is 19.5 Å². The third-order valence-electron chi connectivity index (χ3n) is 4.78. The van der Waals surface area contributed by atoms with Crippen molar-refractivity contribution in [2.45, 2.75) is 38.5 Å². The zero-order valence-corrected chi connectivity index (χ0v) is 15.6. The summed E-state index contributed by atoms with van der Waals surface area (Å²) >= 11 is 0. The number of benzene rings is 2. The first-order valence-corrected chi connectivity index (χ1v) is 9.08. The van der Waals surface area contributed by atoms with Gasteiger partial charge in [0.25, 0.3) is 0 Å². The van der Waals surface area contributed by atoms with Crippen molar-refractivity contribution in [3.8, 4) is 5.75 Å². The van der Waals surface area contributed by atoms with Crippen molar-refractivity contribution in [2.75, 3.05) is 7.11 Å². The van der Waals surface area contributed by atoms with Gasteiger partial charge < -0.3 is 20.7 Å². The second-order valence-corrected chi connectivity index (χ2v) is 6.70. The van der Waals surface area contributed by atoms with Crippen LogP contribution < -0.4 is 20.7 Å². The van der Waals surface area contributed by atoms with Gasteiger partial charge in [-0.2, -0.15) is 0 Å². The Labute approximate surface area is 159 Å². The highest BCUT2D eigenvalue weighted by molar-refractivity contribution is 5.89. The fraction of sp³-hybridized carbons (Fsp3) is 0.333. The predicted octanol–water partition coefficient (Wildman–Crippen LogP) is 1.53. The van der Waals surface area contributed by atoms with Crippen LogP contribution in [-0.4, -0.2) is 31.0 Å². The third kappa shape index (κ3) is 4.86. The molecular weight excluding hydrogens is 342 g/mol. The van der Waals surface area contributed by atoms with Crippen molar-refractivity contribution in [1.82, 2.24) is 16.0 Å². The Bertz CT molecular complexity index is 805. The molecule has 3 N–H and O–H groups in total. The first-order chi connectivity index (χ1) is 13.1. The molecule has 142 valence electrons. The second-order valence-electron chi connectivity index (χ2n) is 6.70. The van der Waals surface area contributed by atoms with Crippen LogP contribution in [0.2, 0.25) is 0 Å². The molecule has 0 aliphatic carbocycles. The lowest BCUT2D eigenvalue weighted by atomic mass is 9.95. The predicted molar refractivity (Wildman–Crippen MR) is 103 cm³/mol. The van der Waals surface area contributed by atoms with Gasteiger partial charge in [0.1, 0.15) is 11.8 Å². The largest absolute Gasteiger partial charge is 0.497 e. The first-order valence-electron chi connectivity index (χ1n) is 9.08. The van der Waals surface area contributed by atoms with Gasteiger partial charge in [0, 0.05) is 13.1 Å². The number of hydrogen-bond donors (Lipinski definition) is 3. The molecule has 0 aromatic heterocycles. The van der Waals surface area contributed by atoms with E-state index in [4.69, 9.17) is 4.74 Å². The molecule has 6 nitrogen and oxygen atoms in total. The lowest BCUT2D eigenvalue weighted by molar-refractivity contribution is -0.129. The van der Waals surface area contributed by atoms with Crippen LogP contribution in [0.3, 0.4) is 0 Å². The Morgan fingerprint density at radius 2 is 1.85 bits per heavy atom. The van der Waals surface area contributed by atoms with Crippen molar-refractivity contribution in [2.24, 2.45) is 0 Å². The minimum Gasteiger partial charge on any atom is -0.497 e. The summed E-state index contributed by atoms with van der Waals surface area (Å²) in [6, 6.07) is 14.6. The number of carbonyl (C=O) groups is 2. The van der Waals surface area contributed by atoms with Gasteiger partial charge in [0.05, 0.1) is 13.2 Å². The van der Waals surface area contributed by atoms with Gasteiger partial charge in [-0.05, 0) is 42.2 Å². The van der Waals surface area contributed by atoms with E-state index < -0.39 is 6.04 Å². The fourth-order valence-corrected chi connectivity index (χ4v) is 3.10. The summed E-state index contributed by atoms with van der Waals surface area (Å²) in [6.45, 7) is 2.75. The van der Waals surface area contributed by atoms with E-state index in [2.05, 4.69) is 22.0 Å². The van der Waals surface area contributed by atoms with Gasteiger partial charge in [-0.15, -0.1) is 0 Å². The fourth-order valence-electron chi connectivity index (χ4n) is 3.10. The molecule has 0 radical (unpaired) electrons. The summed E-state index contributed by atoms with van der Waals surface area (Å²) in [5.41, 5.74) is 3.35. The molecule has 1 aliphatic heterocycles. The summed E-state index contributed by atoms with van der Waals surface area (Å²) in [5.74, 6) is 0.402. The molecule has 1 heterocycles. The van der Waals surface area contributed by atoms with E-state index in [9.17, 15) is 9.59 Å². The monoisotopic (exact) mass is 367 g/mol. The van der Waals surface area contributed by atoms with Gasteiger partial charge in [-0.1, -0.05) is 36.4 Å². The highest BCUT2D eigenvalue weighted by Gasteiger charge is 2.26. The minimum absolute atomic E-state index is 0.156. The van der Waals surface area contributed by atoms with Crippen LogP contribution in [0.5, 0.6) is 5.75 Å². The van der Waals surface area contributed by atoms with Gasteiger partial charge >= 0.3 is 0 Å². The highest BCUT2D eigenvalue weighted by Crippen LogP contribution is 2.16. The zero-order valence-electron chi connectivity index (χ0n) is 15.6. The number of methoxy groups -OCH3 is 1. The zero-order chi connectivity index (χ0) is 19.2. The molecule has 0 saturated carbocycles. The molecule has 0 fully saturated rings. The normalized spacial score (nSPS) is 16.7. The third-order valence-corrected chi connectivity index (χ3v) is 4.78. The van der Waals surface area contributed by atoms with E-state index in [0.717, 1.165) is 11.3 Å². The lowest BCUT2D eigenvalue weighted by Crippen LogP contribution is -2.53. The van der Waals surface area contributed by atoms with Crippen molar-refractivity contribution in [3.63, 3.8) is 0 Å². The van der Waals surface area contributed by atoms with E-state index in [-0.39, 0.29) is 17.9 Å². The van der Waals surface area contributed by atoms with Crippen LogP contribution in [0.15, 0.2) is 48.5 Å². The van der Waals surface area contributed by atoms with Crippen LogP contribution in [0.25, 0.3) is 0 Å². The van der Waals surface area contributed by atoms with Crippen LogP contribution in [-0.2, 0) is 29.1 Å². The number of ether oxygens (including phenoxy) is 1. The maximum atomic E-state index is 12.5. The van der Waals surface area contributed by atoms with Crippen molar-refractivity contribution < 1.29 is 14.3 Å². The van der Waals surface area contributed by atoms with Crippen molar-refractivity contribution in [1.29, 1.82) is 0 Å². The Balaban J connectivity index is 1.48. The number of carbonyl (C=O) groups excluding carboxylic acids is 2. The smallest absolute Gasteiger partial charge is 0.242 e. The number of amides is 2. The molecule has 6 heteroatoms. The Hall–Kier alpha value is -2.86. The molecule has 2 amide bonds. The van der Waals surface area contributed by atoms with E-state index >= 15 is 0 Å². The summed E-state index contributed by atoms with van der Waals surface area (Å²) < 4.78 is 5.12. The summed E-state index contributed by atoms with van der Waals surface area (Å²) in [5, 5.41) is 8.88. The molecule has 1 aliphatic rings.